The number of hydrogen-bond acceptors (Lipinski definition) is 9. The zero-order valence-electron chi connectivity index (χ0n) is 17.1. The standard InChI is InChI=1S/C22H24N2O8/c1-3-24-15-14-17(27)10-7(2)8-5-4-6-9(25)11(8)16(26)12(10)19(29)22(14,32)20(30)13(18(15)28)21(23)31/h4-6,10,13-15,17-18,24-28,32H,2-3H2,1H3,(H2,23,31). The lowest BCUT2D eigenvalue weighted by molar-refractivity contribution is -0.189. The normalized spacial score (nSPS) is 36.4. The molecular weight excluding hydrogens is 420 g/mol. The lowest BCUT2D eigenvalue weighted by Crippen LogP contribution is -2.76. The number of nitrogens with one attached hydrogen (secondary N) is 1. The summed E-state index contributed by atoms with van der Waals surface area (Å²) < 4.78 is 0. The number of phenolic OH excluding ortho intramolecular Hbond substituents is 1. The Morgan fingerprint density at radius 2 is 1.88 bits per heavy atom. The van der Waals surface area contributed by atoms with Crippen LogP contribution < -0.4 is 11.1 Å². The maximum Gasteiger partial charge on any atom is 0.230 e. The lowest BCUT2D eigenvalue weighted by Gasteiger charge is -2.54. The molecule has 3 aliphatic carbocycles. The van der Waals surface area contributed by atoms with Crippen molar-refractivity contribution in [3.05, 3.63) is 41.5 Å². The molecule has 0 bridgehead atoms. The highest BCUT2D eigenvalue weighted by molar-refractivity contribution is 6.26. The largest absolute Gasteiger partial charge is 0.507 e. The molecule has 1 amide bonds. The summed E-state index contributed by atoms with van der Waals surface area (Å²) in [5.41, 5.74) is 2.18. The number of nitrogens with two attached hydrogens (primary N) is 1. The van der Waals surface area contributed by atoms with E-state index in [1.807, 2.05) is 0 Å². The molecule has 0 radical (unpaired) electrons. The van der Waals surface area contributed by atoms with Crippen molar-refractivity contribution >= 4 is 28.8 Å². The van der Waals surface area contributed by atoms with Crippen LogP contribution in [0, 0.1) is 17.8 Å². The van der Waals surface area contributed by atoms with E-state index in [0.29, 0.717) is 0 Å². The van der Waals surface area contributed by atoms with Crippen molar-refractivity contribution in [2.24, 2.45) is 23.5 Å². The quantitative estimate of drug-likeness (QED) is 0.275. The molecule has 1 aromatic rings. The molecule has 0 heterocycles. The molecule has 7 atom stereocenters. The van der Waals surface area contributed by atoms with E-state index in [9.17, 15) is 39.9 Å². The van der Waals surface area contributed by atoms with E-state index >= 15 is 0 Å². The molecule has 3 aliphatic rings. The van der Waals surface area contributed by atoms with Gasteiger partial charge < -0.3 is 36.6 Å². The Bertz CT molecular complexity index is 1100. The van der Waals surface area contributed by atoms with Gasteiger partial charge in [-0.05, 0) is 23.7 Å². The zero-order valence-corrected chi connectivity index (χ0v) is 17.1. The third kappa shape index (κ3) is 2.58. The van der Waals surface area contributed by atoms with Gasteiger partial charge in [-0.3, -0.25) is 14.4 Å². The SMILES string of the molecule is C=C1c2cccc(O)c2C(O)=C2C(=O)C3(O)C(=O)C(C(N)=O)C(O)C(NCC)C3C(O)C12. The zero-order chi connectivity index (χ0) is 23.7. The number of primary amides is 1. The number of phenols is 1. The number of likely N-dealkylation sites (N-methyl/N-ethyl adjacent to an activating group) is 1. The van der Waals surface area contributed by atoms with Crippen LogP contribution in [-0.4, -0.2) is 73.4 Å². The first-order valence-electron chi connectivity index (χ1n) is 10.1. The lowest BCUT2D eigenvalue weighted by atomic mass is 9.53. The Labute approximate surface area is 182 Å². The molecule has 0 aromatic heterocycles. The molecule has 2 saturated carbocycles. The van der Waals surface area contributed by atoms with Crippen molar-refractivity contribution in [1.29, 1.82) is 0 Å². The van der Waals surface area contributed by atoms with Crippen LogP contribution in [0.15, 0.2) is 30.4 Å². The molecule has 32 heavy (non-hydrogen) atoms. The second-order valence-electron chi connectivity index (χ2n) is 8.40. The van der Waals surface area contributed by atoms with Gasteiger partial charge >= 0.3 is 0 Å². The van der Waals surface area contributed by atoms with E-state index in [4.69, 9.17) is 5.73 Å². The molecule has 0 aliphatic heterocycles. The average molecular weight is 444 g/mol. The Kier molecular flexibility index (Phi) is 5.01. The first-order valence-corrected chi connectivity index (χ1v) is 10.1. The molecule has 1 aromatic carbocycles. The number of aliphatic hydroxyl groups excluding tert-OH is 3. The smallest absolute Gasteiger partial charge is 0.230 e. The minimum Gasteiger partial charge on any atom is -0.507 e. The van der Waals surface area contributed by atoms with Gasteiger partial charge in [0, 0.05) is 17.9 Å². The molecule has 8 N–H and O–H groups in total. The number of ketones is 2. The van der Waals surface area contributed by atoms with Gasteiger partial charge in [-0.2, -0.15) is 0 Å². The molecule has 0 saturated heterocycles. The minimum atomic E-state index is -2.95. The number of fused-ring (bicyclic) bond motifs is 3. The molecule has 0 spiro atoms. The maximum atomic E-state index is 13.6. The average Bonchev–Trinajstić information content (AvgIpc) is 2.72. The van der Waals surface area contributed by atoms with Gasteiger partial charge in [-0.25, -0.2) is 0 Å². The van der Waals surface area contributed by atoms with Crippen LogP contribution in [0.1, 0.15) is 18.1 Å². The van der Waals surface area contributed by atoms with E-state index in [-0.39, 0.29) is 29.0 Å². The van der Waals surface area contributed by atoms with Crippen LogP contribution in [0.25, 0.3) is 11.3 Å². The van der Waals surface area contributed by atoms with Crippen LogP contribution >= 0.6 is 0 Å². The fourth-order valence-corrected chi connectivity index (χ4v) is 5.46. The Balaban J connectivity index is 2.00. The Morgan fingerprint density at radius 3 is 2.47 bits per heavy atom. The van der Waals surface area contributed by atoms with Gasteiger partial charge in [0.05, 0.1) is 23.3 Å². The number of amides is 1. The summed E-state index contributed by atoms with van der Waals surface area (Å²) in [6.45, 7) is 5.80. The molecule has 2 fully saturated rings. The van der Waals surface area contributed by atoms with Crippen LogP contribution in [0.2, 0.25) is 0 Å². The third-order valence-electron chi connectivity index (χ3n) is 6.85. The van der Waals surface area contributed by atoms with E-state index in [2.05, 4.69) is 11.9 Å². The van der Waals surface area contributed by atoms with Crippen LogP contribution in [0.4, 0.5) is 0 Å². The summed E-state index contributed by atoms with van der Waals surface area (Å²) in [5.74, 6) is -9.61. The molecule has 170 valence electrons. The van der Waals surface area contributed by atoms with Crippen molar-refractivity contribution < 1.29 is 39.9 Å². The Hall–Kier alpha value is -3.05. The Morgan fingerprint density at radius 1 is 1.22 bits per heavy atom. The van der Waals surface area contributed by atoms with Crippen LogP contribution in [0.5, 0.6) is 5.75 Å². The van der Waals surface area contributed by atoms with Gasteiger partial charge in [0.25, 0.3) is 0 Å². The van der Waals surface area contributed by atoms with Crippen molar-refractivity contribution in [2.45, 2.75) is 30.8 Å². The third-order valence-corrected chi connectivity index (χ3v) is 6.85. The number of carbonyl (C=O) groups is 3. The topological polar surface area (TPSA) is 190 Å². The van der Waals surface area contributed by atoms with E-state index in [1.165, 1.54) is 18.2 Å². The van der Waals surface area contributed by atoms with Crippen molar-refractivity contribution in [1.82, 2.24) is 5.32 Å². The molecule has 4 rings (SSSR count). The number of benzene rings is 1. The molecular formula is C22H24N2O8. The van der Waals surface area contributed by atoms with Crippen molar-refractivity contribution in [2.75, 3.05) is 6.54 Å². The number of aromatic hydroxyl groups is 1. The molecule has 7 unspecified atom stereocenters. The highest BCUT2D eigenvalue weighted by Crippen LogP contribution is 2.54. The fourth-order valence-electron chi connectivity index (χ4n) is 5.46. The maximum absolute atomic E-state index is 13.6. The van der Waals surface area contributed by atoms with Gasteiger partial charge in [-0.1, -0.05) is 25.6 Å². The number of hydrogen-bond donors (Lipinski definition) is 7. The summed E-state index contributed by atoms with van der Waals surface area (Å²) in [6.07, 6.45) is -3.37. The molecule has 10 heteroatoms. The summed E-state index contributed by atoms with van der Waals surface area (Å²) in [5, 5.41) is 57.5. The van der Waals surface area contributed by atoms with Gasteiger partial charge in [-0.15, -0.1) is 0 Å². The number of Topliss-reactive ketones (excluding diaryl/α,β-unsaturated/α-hetero) is 2. The monoisotopic (exact) mass is 444 g/mol. The number of rotatable bonds is 3. The van der Waals surface area contributed by atoms with Crippen LogP contribution in [-0.2, 0) is 14.4 Å². The predicted molar refractivity (Wildman–Crippen MR) is 111 cm³/mol. The van der Waals surface area contributed by atoms with Gasteiger partial charge in [0.1, 0.15) is 17.4 Å². The van der Waals surface area contributed by atoms with E-state index < -0.39 is 70.4 Å². The number of carbonyl (C=O) groups excluding carboxylic acids is 3. The summed E-state index contributed by atoms with van der Waals surface area (Å²) in [4.78, 5) is 38.7. The first-order chi connectivity index (χ1) is 15.0. The highest BCUT2D eigenvalue weighted by atomic mass is 16.3. The second-order valence-corrected chi connectivity index (χ2v) is 8.40. The van der Waals surface area contributed by atoms with Gasteiger partial charge in [0.15, 0.2) is 11.4 Å². The van der Waals surface area contributed by atoms with Crippen LogP contribution in [0.3, 0.4) is 0 Å². The molecule has 10 nitrogen and oxygen atoms in total. The fraction of sp³-hybridized carbons (Fsp3) is 0.409. The number of aliphatic hydroxyl groups is 4. The predicted octanol–water partition coefficient (Wildman–Crippen LogP) is -1.38. The van der Waals surface area contributed by atoms with E-state index in [1.54, 1.807) is 6.92 Å². The van der Waals surface area contributed by atoms with Crippen molar-refractivity contribution in [3.8, 4) is 5.75 Å². The summed E-state index contributed by atoms with van der Waals surface area (Å²) >= 11 is 0. The van der Waals surface area contributed by atoms with E-state index in [0.717, 1.165) is 0 Å². The minimum absolute atomic E-state index is 0.121. The first kappa shape index (κ1) is 22.2. The highest BCUT2D eigenvalue weighted by Gasteiger charge is 2.70. The van der Waals surface area contributed by atoms with Gasteiger partial charge in [0.2, 0.25) is 11.7 Å². The summed E-state index contributed by atoms with van der Waals surface area (Å²) in [7, 11) is 0. The van der Waals surface area contributed by atoms with Crippen molar-refractivity contribution in [3.63, 3.8) is 0 Å². The second kappa shape index (κ2) is 7.24. The summed E-state index contributed by atoms with van der Waals surface area (Å²) in [6, 6.07) is 3.06.